The first-order chi connectivity index (χ1) is 10.8. The van der Waals surface area contributed by atoms with E-state index in [1.54, 1.807) is 6.07 Å². The minimum atomic E-state index is -4.91. The summed E-state index contributed by atoms with van der Waals surface area (Å²) in [6.45, 7) is 1.50. The summed E-state index contributed by atoms with van der Waals surface area (Å²) in [5, 5.41) is 10.9. The van der Waals surface area contributed by atoms with Gasteiger partial charge in [-0.2, -0.15) is 13.2 Å². The fraction of sp³-hybridized carbons (Fsp3) is 0.333. The van der Waals surface area contributed by atoms with Crippen molar-refractivity contribution in [3.8, 4) is 11.5 Å². The standard InChI is InChI=1S/C15H13F3N2O3.Na/c1-20-5-4-10-8(7-20)2-3-11(19-10)12-6-9(14(21)22)13(23-12)15(16,17)18;/h2-3,6H,4-5,7H2,1H3,(H,21,22);/q;+1/p-1. The second kappa shape index (κ2) is 6.87. The molecule has 1 aliphatic heterocycles. The van der Waals surface area contributed by atoms with Gasteiger partial charge in [-0.1, -0.05) is 6.07 Å². The molecule has 2 aromatic rings. The average molecular weight is 348 g/mol. The Balaban J connectivity index is 0.00000208. The molecule has 1 aliphatic rings. The van der Waals surface area contributed by atoms with Crippen LogP contribution in [0.4, 0.5) is 13.2 Å². The number of pyridine rings is 1. The van der Waals surface area contributed by atoms with E-state index in [0.717, 1.165) is 23.9 Å². The monoisotopic (exact) mass is 348 g/mol. The van der Waals surface area contributed by atoms with Gasteiger partial charge in [-0.25, -0.2) is 4.98 Å². The second-order valence-electron chi connectivity index (χ2n) is 5.43. The van der Waals surface area contributed by atoms with Crippen LogP contribution in [0.15, 0.2) is 22.6 Å². The van der Waals surface area contributed by atoms with Crippen molar-refractivity contribution < 1.29 is 57.0 Å². The molecule has 24 heavy (non-hydrogen) atoms. The van der Waals surface area contributed by atoms with Crippen molar-refractivity contribution in [2.24, 2.45) is 0 Å². The Labute approximate surface area is 157 Å². The smallest absolute Gasteiger partial charge is 0.545 e. The quantitative estimate of drug-likeness (QED) is 0.632. The molecule has 0 saturated carbocycles. The molecule has 0 aromatic carbocycles. The summed E-state index contributed by atoms with van der Waals surface area (Å²) in [6.07, 6.45) is -4.25. The molecule has 0 saturated heterocycles. The van der Waals surface area contributed by atoms with E-state index in [9.17, 15) is 23.1 Å². The zero-order valence-corrected chi connectivity index (χ0v) is 15.1. The molecule has 5 nitrogen and oxygen atoms in total. The number of aromatic carboxylic acids is 1. The van der Waals surface area contributed by atoms with Crippen molar-refractivity contribution in [2.75, 3.05) is 13.6 Å². The number of furan rings is 1. The van der Waals surface area contributed by atoms with E-state index in [0.29, 0.717) is 13.0 Å². The Morgan fingerprint density at radius 3 is 2.67 bits per heavy atom. The van der Waals surface area contributed by atoms with E-state index in [1.165, 1.54) is 6.07 Å². The molecule has 0 N–H and O–H groups in total. The van der Waals surface area contributed by atoms with Gasteiger partial charge in [0.05, 0.1) is 5.97 Å². The Morgan fingerprint density at radius 1 is 1.38 bits per heavy atom. The first-order valence-electron chi connectivity index (χ1n) is 6.86. The summed E-state index contributed by atoms with van der Waals surface area (Å²) in [7, 11) is 1.96. The van der Waals surface area contributed by atoms with E-state index < -0.39 is 23.5 Å². The molecule has 3 rings (SSSR count). The maximum absolute atomic E-state index is 12.8. The predicted octanol–water partition coefficient (Wildman–Crippen LogP) is -1.28. The molecule has 2 aromatic heterocycles. The van der Waals surface area contributed by atoms with Crippen LogP contribution in [0, 0.1) is 0 Å². The molecule has 0 amide bonds. The second-order valence-corrected chi connectivity index (χ2v) is 5.43. The summed E-state index contributed by atoms with van der Waals surface area (Å²) in [5.74, 6) is -3.75. The molecular formula is C15H12F3N2NaO3. The van der Waals surface area contributed by atoms with Gasteiger partial charge < -0.3 is 19.2 Å². The first-order valence-corrected chi connectivity index (χ1v) is 6.86. The largest absolute Gasteiger partial charge is 1.00 e. The number of fused-ring (bicyclic) bond motifs is 1. The van der Waals surface area contributed by atoms with Crippen molar-refractivity contribution in [3.05, 3.63) is 40.8 Å². The van der Waals surface area contributed by atoms with Gasteiger partial charge in [0.15, 0.2) is 5.76 Å². The molecule has 3 heterocycles. The van der Waals surface area contributed by atoms with Gasteiger partial charge in [-0.3, -0.25) is 0 Å². The van der Waals surface area contributed by atoms with Gasteiger partial charge in [0.25, 0.3) is 0 Å². The molecular weight excluding hydrogens is 336 g/mol. The molecule has 0 atom stereocenters. The van der Waals surface area contributed by atoms with Crippen molar-refractivity contribution in [2.45, 2.75) is 19.1 Å². The van der Waals surface area contributed by atoms with E-state index >= 15 is 0 Å². The third-order valence-electron chi connectivity index (χ3n) is 3.70. The van der Waals surface area contributed by atoms with Crippen LogP contribution >= 0.6 is 0 Å². The molecule has 0 bridgehead atoms. The Bertz CT molecular complexity index is 774. The van der Waals surface area contributed by atoms with Crippen LogP contribution in [0.1, 0.15) is 27.4 Å². The fourth-order valence-corrected chi connectivity index (χ4v) is 2.57. The molecule has 9 heteroatoms. The minimum absolute atomic E-state index is 0. The maximum Gasteiger partial charge on any atom is 1.00 e. The van der Waals surface area contributed by atoms with E-state index in [1.807, 2.05) is 7.05 Å². The van der Waals surface area contributed by atoms with Crippen LogP contribution in [-0.2, 0) is 19.1 Å². The first kappa shape index (κ1) is 19.0. The van der Waals surface area contributed by atoms with Crippen LogP contribution in [0.5, 0.6) is 0 Å². The van der Waals surface area contributed by atoms with Gasteiger partial charge in [-0.15, -0.1) is 0 Å². The van der Waals surface area contributed by atoms with Crippen molar-refractivity contribution in [1.29, 1.82) is 0 Å². The number of alkyl halides is 3. The number of hydrogen-bond donors (Lipinski definition) is 0. The number of aromatic nitrogens is 1. The van der Waals surface area contributed by atoms with Crippen LogP contribution in [0.3, 0.4) is 0 Å². The zero-order chi connectivity index (χ0) is 16.8. The number of hydrogen-bond acceptors (Lipinski definition) is 5. The third-order valence-corrected chi connectivity index (χ3v) is 3.70. The number of carbonyl (C=O) groups is 1. The van der Waals surface area contributed by atoms with Gasteiger partial charge in [0.1, 0.15) is 5.69 Å². The predicted molar refractivity (Wildman–Crippen MR) is 71.3 cm³/mol. The van der Waals surface area contributed by atoms with Gasteiger partial charge in [-0.05, 0) is 24.7 Å². The zero-order valence-electron chi connectivity index (χ0n) is 13.1. The average Bonchev–Trinajstić information content (AvgIpc) is 2.92. The van der Waals surface area contributed by atoms with Gasteiger partial charge in [0, 0.05) is 30.8 Å². The number of carboxylic acids is 1. The summed E-state index contributed by atoms with van der Waals surface area (Å²) in [6, 6.07) is 4.10. The summed E-state index contributed by atoms with van der Waals surface area (Å²) in [4.78, 5) is 17.3. The summed E-state index contributed by atoms with van der Waals surface area (Å²) in [5.41, 5.74) is 0.920. The summed E-state index contributed by atoms with van der Waals surface area (Å²) < 4.78 is 43.2. The van der Waals surface area contributed by atoms with E-state index in [-0.39, 0.29) is 41.0 Å². The van der Waals surface area contributed by atoms with E-state index in [2.05, 4.69) is 9.88 Å². The SMILES string of the molecule is CN1CCc2nc(-c3cc(C(=O)[O-])c(C(F)(F)F)o3)ccc2C1.[Na+]. The van der Waals surface area contributed by atoms with Crippen LogP contribution in [0.2, 0.25) is 0 Å². The van der Waals surface area contributed by atoms with Gasteiger partial charge in [0.2, 0.25) is 5.76 Å². The number of carboxylic acid groups (broad SMARTS) is 1. The normalized spacial score (nSPS) is 14.8. The Kier molecular flexibility index (Phi) is 5.44. The van der Waals surface area contributed by atoms with E-state index in [4.69, 9.17) is 4.42 Å². The van der Waals surface area contributed by atoms with Crippen LogP contribution in [0.25, 0.3) is 11.5 Å². The molecule has 0 unspecified atom stereocenters. The molecule has 0 radical (unpaired) electrons. The topological polar surface area (TPSA) is 69.4 Å². The summed E-state index contributed by atoms with van der Waals surface area (Å²) >= 11 is 0. The maximum atomic E-state index is 12.8. The minimum Gasteiger partial charge on any atom is -0.545 e. The molecule has 122 valence electrons. The number of halogens is 3. The molecule has 0 fully saturated rings. The number of rotatable bonds is 2. The Hall–Kier alpha value is -1.35. The molecule has 0 spiro atoms. The van der Waals surface area contributed by atoms with Crippen molar-refractivity contribution in [1.82, 2.24) is 9.88 Å². The Morgan fingerprint density at radius 2 is 2.08 bits per heavy atom. The number of nitrogens with zero attached hydrogens (tertiary/aromatic N) is 2. The fourth-order valence-electron chi connectivity index (χ4n) is 2.57. The van der Waals surface area contributed by atoms with Crippen LogP contribution in [-0.4, -0.2) is 29.4 Å². The van der Waals surface area contributed by atoms with Gasteiger partial charge >= 0.3 is 35.7 Å². The van der Waals surface area contributed by atoms with Crippen LogP contribution < -0.4 is 34.7 Å². The molecule has 0 aliphatic carbocycles. The van der Waals surface area contributed by atoms with Crippen molar-refractivity contribution in [3.63, 3.8) is 0 Å². The number of likely N-dealkylation sites (N-methyl/N-ethyl adjacent to an activating group) is 1. The third kappa shape index (κ3) is 3.66. The van der Waals surface area contributed by atoms with Crippen molar-refractivity contribution >= 4 is 5.97 Å². The number of carbonyl (C=O) groups excluding carboxylic acids is 1.